The van der Waals surface area contributed by atoms with Crippen molar-refractivity contribution in [2.45, 2.75) is 57.5 Å². The van der Waals surface area contributed by atoms with E-state index in [1.807, 2.05) is 36.9 Å². The molecule has 2 aromatic carbocycles. The smallest absolute Gasteiger partial charge is 0.355 e. The Morgan fingerprint density at radius 2 is 1.11 bits per heavy atom. The van der Waals surface area contributed by atoms with Crippen LogP contribution in [0, 0.1) is 34.5 Å². The summed E-state index contributed by atoms with van der Waals surface area (Å²) in [4.78, 5) is 36.2. The molecule has 16 heteroatoms. The summed E-state index contributed by atoms with van der Waals surface area (Å²) < 4.78 is 40.9. The van der Waals surface area contributed by atoms with Gasteiger partial charge in [-0.15, -0.1) is 0 Å². The van der Waals surface area contributed by atoms with Crippen LogP contribution in [0.15, 0.2) is 85.5 Å². The van der Waals surface area contributed by atoms with E-state index in [0.29, 0.717) is 30.3 Å². The highest BCUT2D eigenvalue weighted by molar-refractivity contribution is 6.31. The Morgan fingerprint density at radius 3 is 1.65 bits per heavy atom. The van der Waals surface area contributed by atoms with Gasteiger partial charge in [0.2, 0.25) is 0 Å². The number of alkyl halides is 3. The lowest BCUT2D eigenvalue weighted by Crippen LogP contribution is -2.47. The number of halogens is 4. The van der Waals surface area contributed by atoms with Crippen molar-refractivity contribution in [3.05, 3.63) is 107 Å². The predicted molar refractivity (Wildman–Crippen MR) is 240 cm³/mol. The molecule has 0 radical (unpaired) electrons. The number of rotatable bonds is 6. The molecule has 0 atom stereocenters. The molecule has 0 unspecified atom stereocenters. The zero-order chi connectivity index (χ0) is 44.1. The van der Waals surface area contributed by atoms with Crippen LogP contribution < -0.4 is 19.6 Å². The number of piperidine rings is 2. The number of pyridine rings is 2. The van der Waals surface area contributed by atoms with Crippen LogP contribution in [0.3, 0.4) is 0 Å². The maximum atomic E-state index is 13.6. The predicted octanol–water partition coefficient (Wildman–Crippen LogP) is 9.44. The van der Waals surface area contributed by atoms with E-state index in [1.165, 1.54) is 6.07 Å². The monoisotopic (exact) mass is 872 g/mol. The molecule has 4 aliphatic rings. The van der Waals surface area contributed by atoms with Crippen molar-refractivity contribution in [2.75, 3.05) is 72.0 Å². The Morgan fingerprint density at radius 1 is 0.603 bits per heavy atom. The molecule has 0 spiro atoms. The fraction of sp³-hybridized carbons (Fsp3) is 0.404. The van der Waals surface area contributed by atoms with E-state index in [2.05, 4.69) is 63.9 Å². The lowest BCUT2D eigenvalue weighted by molar-refractivity contribution is -0.136. The molecular weight excluding hydrogens is 825 g/mol. The minimum absolute atomic E-state index is 0.0648. The summed E-state index contributed by atoms with van der Waals surface area (Å²) in [5.41, 5.74) is 2.54. The van der Waals surface area contributed by atoms with Gasteiger partial charge in [0.05, 0.1) is 40.1 Å². The van der Waals surface area contributed by atoms with Crippen LogP contribution in [0.5, 0.6) is 0 Å². The lowest BCUT2D eigenvalue weighted by Gasteiger charge is -2.41. The van der Waals surface area contributed by atoms with Crippen LogP contribution >= 0.6 is 11.6 Å². The molecule has 0 aliphatic carbocycles. The first-order chi connectivity index (χ1) is 30.6. The van der Waals surface area contributed by atoms with Crippen LogP contribution in [-0.4, -0.2) is 82.3 Å². The van der Waals surface area contributed by atoms with Crippen molar-refractivity contribution in [3.63, 3.8) is 0 Å². The summed E-state index contributed by atoms with van der Waals surface area (Å²) in [5, 5.41) is 20.2. The number of benzene rings is 2. The van der Waals surface area contributed by atoms with E-state index >= 15 is 0 Å². The fourth-order valence-corrected chi connectivity index (χ4v) is 8.86. The molecule has 4 fully saturated rings. The zero-order valence-electron chi connectivity index (χ0n) is 35.3. The van der Waals surface area contributed by atoms with Crippen LogP contribution in [0.25, 0.3) is 21.8 Å². The minimum atomic E-state index is -4.45. The summed E-state index contributed by atoms with van der Waals surface area (Å²) >= 11 is 6.07. The quantitative estimate of drug-likeness (QED) is 0.158. The first-order valence-electron chi connectivity index (χ1n) is 21.6. The molecule has 12 nitrogen and oxygen atoms in total. The van der Waals surface area contributed by atoms with Gasteiger partial charge in [-0.1, -0.05) is 43.6 Å². The third-order valence-corrected chi connectivity index (χ3v) is 12.4. The number of nitriles is 2. The van der Waals surface area contributed by atoms with Gasteiger partial charge in [0.1, 0.15) is 11.6 Å². The van der Waals surface area contributed by atoms with Gasteiger partial charge >= 0.3 is 6.18 Å². The fourth-order valence-electron chi connectivity index (χ4n) is 8.68. The summed E-state index contributed by atoms with van der Waals surface area (Å²) in [5.74, 6) is 3.76. The van der Waals surface area contributed by atoms with Gasteiger partial charge < -0.3 is 19.6 Å². The van der Waals surface area contributed by atoms with Crippen molar-refractivity contribution in [1.29, 1.82) is 10.5 Å². The molecule has 0 saturated carbocycles. The largest absolute Gasteiger partial charge is 0.417 e. The minimum Gasteiger partial charge on any atom is -0.355 e. The van der Waals surface area contributed by atoms with Crippen molar-refractivity contribution in [3.8, 4) is 12.1 Å². The number of hydrogen-bond donors (Lipinski definition) is 0. The van der Waals surface area contributed by atoms with E-state index < -0.39 is 11.7 Å². The Hall–Kier alpha value is -6.32. The van der Waals surface area contributed by atoms with Gasteiger partial charge in [0.25, 0.3) is 0 Å². The molecule has 8 heterocycles. The van der Waals surface area contributed by atoms with Gasteiger partial charge in [0.15, 0.2) is 11.6 Å². The molecule has 4 saturated heterocycles. The normalized spacial score (nSPS) is 17.5. The van der Waals surface area contributed by atoms with Gasteiger partial charge in [-0.05, 0) is 68.1 Å². The average molecular weight is 873 g/mol. The molecule has 4 aromatic heterocycles. The number of fused-ring (bicyclic) bond motifs is 2. The molecule has 63 heavy (non-hydrogen) atoms. The second-order valence-electron chi connectivity index (χ2n) is 16.1. The summed E-state index contributed by atoms with van der Waals surface area (Å²) in [6.45, 7) is 10.1. The Bertz CT molecular complexity index is 2620. The topological polar surface area (TPSA) is 138 Å². The maximum absolute atomic E-state index is 13.6. The van der Waals surface area contributed by atoms with Gasteiger partial charge in [-0.25, -0.2) is 19.9 Å². The number of hydrogen-bond acceptors (Lipinski definition) is 12. The van der Waals surface area contributed by atoms with E-state index in [1.54, 1.807) is 43.0 Å². The summed E-state index contributed by atoms with van der Waals surface area (Å²) in [7, 11) is 0. The van der Waals surface area contributed by atoms with Gasteiger partial charge in [0, 0.05) is 117 Å². The molecule has 10 rings (SSSR count). The maximum Gasteiger partial charge on any atom is 0.417 e. The van der Waals surface area contributed by atoms with Crippen LogP contribution in [0.2, 0.25) is 5.02 Å². The van der Waals surface area contributed by atoms with Crippen LogP contribution in [-0.2, 0) is 6.18 Å². The number of aromatic nitrogens is 6. The summed E-state index contributed by atoms with van der Waals surface area (Å²) in [6, 6.07) is 22.1. The van der Waals surface area contributed by atoms with Crippen molar-refractivity contribution in [1.82, 2.24) is 29.9 Å². The van der Waals surface area contributed by atoms with Gasteiger partial charge in [-0.3, -0.25) is 9.97 Å². The second-order valence-corrected chi connectivity index (χ2v) is 16.5. The summed E-state index contributed by atoms with van der Waals surface area (Å²) in [6.07, 6.45) is 5.79. The lowest BCUT2D eigenvalue weighted by atomic mass is 9.93. The van der Waals surface area contributed by atoms with E-state index in [4.69, 9.17) is 27.1 Å². The standard InChI is InChI=1S/C23H21F3N6.C22H21ClN6.C2H6/c24-23(25,26)18-11-20(30-19-4-2-1-3-17(18)19)32-13-16(14-32)21-22(29-8-7-28-21)31-9-5-15(12-27)6-10-31;23-18-2-3-19-16(11-18)1-4-20(27-19)29-13-17(14-29)21-22(26-8-7-25-21)28-9-5-15(12-24)6-10-28;1-2/h1-4,7-8,11,15-16H,5-6,9-10,13-14H2;1-4,7-8,11,15,17H,5-6,9-10,13-14H2;1-2H3. The van der Waals surface area contributed by atoms with Crippen molar-refractivity contribution in [2.24, 2.45) is 11.8 Å². The third kappa shape index (κ3) is 9.40. The molecule has 6 aromatic rings. The molecule has 0 amide bonds. The second kappa shape index (κ2) is 19.0. The molecule has 0 N–H and O–H groups in total. The number of anilines is 4. The highest BCUT2D eigenvalue weighted by atomic mass is 35.5. The molecule has 4 aliphatic heterocycles. The Balaban J connectivity index is 0.000000167. The van der Waals surface area contributed by atoms with Crippen molar-refractivity contribution < 1.29 is 13.2 Å². The van der Waals surface area contributed by atoms with Gasteiger partial charge in [-0.2, -0.15) is 23.7 Å². The Labute approximate surface area is 370 Å². The third-order valence-electron chi connectivity index (χ3n) is 12.2. The highest BCUT2D eigenvalue weighted by Gasteiger charge is 2.38. The molecule has 0 bridgehead atoms. The van der Waals surface area contributed by atoms with E-state index in [0.717, 1.165) is 116 Å². The number of para-hydroxylation sites is 1. The van der Waals surface area contributed by atoms with Crippen LogP contribution in [0.4, 0.5) is 36.4 Å². The molecular formula is C47H48ClF3N12. The average Bonchev–Trinajstić information content (AvgIpc) is 3.29. The van der Waals surface area contributed by atoms with Crippen molar-refractivity contribution >= 4 is 56.7 Å². The van der Waals surface area contributed by atoms with E-state index in [9.17, 15) is 13.2 Å². The first-order valence-corrected chi connectivity index (χ1v) is 22.0. The number of nitrogens with zero attached hydrogens (tertiary/aromatic N) is 12. The zero-order valence-corrected chi connectivity index (χ0v) is 36.0. The highest BCUT2D eigenvalue weighted by Crippen LogP contribution is 2.40. The first kappa shape index (κ1) is 43.3. The van der Waals surface area contributed by atoms with Crippen LogP contribution in [0.1, 0.15) is 68.3 Å². The van der Waals surface area contributed by atoms with E-state index in [-0.39, 0.29) is 23.1 Å². The Kier molecular flexibility index (Phi) is 13.0. The SMILES string of the molecule is CC.N#CC1CCN(c2nccnc2C2CN(c3cc(C(F)(F)F)c4ccccc4n3)C2)CC1.N#CC1CCN(c2nccnc2C2CN(c3ccc4cc(Cl)ccc4n3)C2)CC1. The molecule has 324 valence electrons.